The van der Waals surface area contributed by atoms with Gasteiger partial charge in [-0.25, -0.2) is 0 Å². The van der Waals surface area contributed by atoms with Gasteiger partial charge >= 0.3 is 0 Å². The fourth-order valence-corrected chi connectivity index (χ4v) is 3.40. The van der Waals surface area contributed by atoms with Crippen LogP contribution >= 0.6 is 0 Å². The van der Waals surface area contributed by atoms with Crippen molar-refractivity contribution in [1.82, 2.24) is 10.2 Å². The molecule has 1 amide bonds. The van der Waals surface area contributed by atoms with Gasteiger partial charge in [0.15, 0.2) is 0 Å². The normalized spacial score (nSPS) is 29.4. The Bertz CT molecular complexity index is 271. The molecule has 1 N–H and O–H groups in total. The predicted molar refractivity (Wildman–Crippen MR) is 63.1 cm³/mol. The molecule has 1 saturated heterocycles. The van der Waals surface area contributed by atoms with Crippen LogP contribution in [0, 0.1) is 5.92 Å². The number of rotatable bonds is 1. The first kappa shape index (κ1) is 10.6. The molecule has 0 atom stereocenters. The van der Waals surface area contributed by atoms with E-state index >= 15 is 0 Å². The molecule has 1 heterocycles. The van der Waals surface area contributed by atoms with Crippen LogP contribution in [0.25, 0.3) is 0 Å². The van der Waals surface area contributed by atoms with Crippen LogP contribution in [-0.4, -0.2) is 36.0 Å². The Hall–Kier alpha value is -0.570. The second kappa shape index (κ2) is 4.02. The lowest BCUT2D eigenvalue weighted by molar-refractivity contribution is -0.142. The minimum atomic E-state index is 0.191. The van der Waals surface area contributed by atoms with E-state index in [1.54, 1.807) is 0 Å². The fourth-order valence-electron chi connectivity index (χ4n) is 3.40. The Kier molecular flexibility index (Phi) is 2.66. The lowest BCUT2D eigenvalue weighted by Crippen LogP contribution is -2.64. The maximum atomic E-state index is 12.3. The van der Waals surface area contributed by atoms with E-state index in [-0.39, 0.29) is 5.54 Å². The summed E-state index contributed by atoms with van der Waals surface area (Å²) in [5.74, 6) is 0.848. The molecule has 0 aromatic carbocycles. The number of amides is 1. The van der Waals surface area contributed by atoms with Gasteiger partial charge in [-0.2, -0.15) is 0 Å². The molecule has 2 aliphatic carbocycles. The van der Waals surface area contributed by atoms with Crippen molar-refractivity contribution in [3.8, 4) is 0 Å². The van der Waals surface area contributed by atoms with Crippen molar-refractivity contribution in [2.75, 3.05) is 19.6 Å². The van der Waals surface area contributed by atoms with Gasteiger partial charge in [-0.15, -0.1) is 0 Å². The Balaban J connectivity index is 1.78. The summed E-state index contributed by atoms with van der Waals surface area (Å²) in [6.07, 6.45) is 8.67. The first-order valence-electron chi connectivity index (χ1n) is 6.84. The number of carbonyl (C=O) groups is 1. The second-order valence-corrected chi connectivity index (χ2v) is 5.73. The van der Waals surface area contributed by atoms with E-state index in [0.717, 1.165) is 32.5 Å². The first-order valence-corrected chi connectivity index (χ1v) is 6.84. The van der Waals surface area contributed by atoms with Gasteiger partial charge in [0.1, 0.15) is 0 Å². The third-order valence-electron chi connectivity index (χ3n) is 4.52. The number of hydrogen-bond acceptors (Lipinski definition) is 2. The van der Waals surface area contributed by atoms with Crippen molar-refractivity contribution in [3.05, 3.63) is 0 Å². The fraction of sp³-hybridized carbons (Fsp3) is 0.923. The summed E-state index contributed by atoms with van der Waals surface area (Å²) in [5.41, 5.74) is 0.191. The molecule has 0 aromatic heterocycles. The summed E-state index contributed by atoms with van der Waals surface area (Å²) in [4.78, 5) is 14.6. The standard InChI is InChI=1S/C13H22N2O/c16-12(11-4-5-11)15-9-8-14-10-13(15)6-2-1-3-7-13/h11,14H,1-10H2. The molecule has 90 valence electrons. The van der Waals surface area contributed by atoms with E-state index in [1.807, 2.05) is 0 Å². The third kappa shape index (κ3) is 1.75. The van der Waals surface area contributed by atoms with Gasteiger partial charge in [-0.3, -0.25) is 4.79 Å². The maximum Gasteiger partial charge on any atom is 0.226 e. The average molecular weight is 222 g/mol. The lowest BCUT2D eigenvalue weighted by Gasteiger charge is -2.50. The van der Waals surface area contributed by atoms with Crippen LogP contribution in [0.5, 0.6) is 0 Å². The molecule has 1 spiro atoms. The highest BCUT2D eigenvalue weighted by molar-refractivity contribution is 5.82. The van der Waals surface area contributed by atoms with E-state index < -0.39 is 0 Å². The molecule has 3 fully saturated rings. The number of piperazine rings is 1. The van der Waals surface area contributed by atoms with E-state index in [1.165, 1.54) is 32.1 Å². The quantitative estimate of drug-likeness (QED) is 0.730. The number of nitrogens with zero attached hydrogens (tertiary/aromatic N) is 1. The van der Waals surface area contributed by atoms with Crippen LogP contribution in [0.3, 0.4) is 0 Å². The highest BCUT2D eigenvalue weighted by Crippen LogP contribution is 2.39. The first-order chi connectivity index (χ1) is 7.82. The monoisotopic (exact) mass is 222 g/mol. The molecule has 0 aromatic rings. The van der Waals surface area contributed by atoms with Crippen LogP contribution in [0.4, 0.5) is 0 Å². The summed E-state index contributed by atoms with van der Waals surface area (Å²) in [6, 6.07) is 0. The van der Waals surface area contributed by atoms with Crippen molar-refractivity contribution in [2.45, 2.75) is 50.5 Å². The average Bonchev–Trinajstić information content (AvgIpc) is 3.14. The molecule has 0 unspecified atom stereocenters. The van der Waals surface area contributed by atoms with Crippen LogP contribution in [0.2, 0.25) is 0 Å². The van der Waals surface area contributed by atoms with Gasteiger partial charge in [-0.1, -0.05) is 19.3 Å². The van der Waals surface area contributed by atoms with Crippen LogP contribution in [0.1, 0.15) is 44.9 Å². The summed E-state index contributed by atoms with van der Waals surface area (Å²) in [7, 11) is 0. The molecular weight excluding hydrogens is 200 g/mol. The highest BCUT2D eigenvalue weighted by atomic mass is 16.2. The molecule has 3 rings (SSSR count). The molecular formula is C13H22N2O. The van der Waals surface area contributed by atoms with E-state index in [2.05, 4.69) is 10.2 Å². The number of hydrogen-bond donors (Lipinski definition) is 1. The van der Waals surface area contributed by atoms with Crippen molar-refractivity contribution < 1.29 is 4.79 Å². The van der Waals surface area contributed by atoms with Gasteiger partial charge in [0.2, 0.25) is 5.91 Å². The zero-order valence-electron chi connectivity index (χ0n) is 10.0. The molecule has 3 nitrogen and oxygen atoms in total. The van der Waals surface area contributed by atoms with E-state index in [4.69, 9.17) is 0 Å². The zero-order chi connectivity index (χ0) is 11.0. The molecule has 0 radical (unpaired) electrons. The van der Waals surface area contributed by atoms with Crippen LogP contribution in [-0.2, 0) is 4.79 Å². The Morgan fingerprint density at radius 1 is 1.19 bits per heavy atom. The van der Waals surface area contributed by atoms with E-state index in [9.17, 15) is 4.79 Å². The summed E-state index contributed by atoms with van der Waals surface area (Å²) >= 11 is 0. The molecule has 1 aliphatic heterocycles. The molecule has 2 saturated carbocycles. The molecule has 0 bridgehead atoms. The zero-order valence-corrected chi connectivity index (χ0v) is 10.0. The van der Waals surface area contributed by atoms with Gasteiger partial charge < -0.3 is 10.2 Å². The van der Waals surface area contributed by atoms with Gasteiger partial charge in [0, 0.05) is 25.6 Å². The minimum absolute atomic E-state index is 0.191. The lowest BCUT2D eigenvalue weighted by atomic mass is 9.79. The smallest absolute Gasteiger partial charge is 0.226 e. The van der Waals surface area contributed by atoms with Gasteiger partial charge in [-0.05, 0) is 25.7 Å². The molecule has 3 aliphatic rings. The summed E-state index contributed by atoms with van der Waals surface area (Å²) in [6.45, 7) is 2.96. The summed E-state index contributed by atoms with van der Waals surface area (Å²) in [5, 5.41) is 3.50. The Labute approximate surface area is 97.6 Å². The predicted octanol–water partition coefficient (Wildman–Crippen LogP) is 1.53. The number of carbonyl (C=O) groups excluding carboxylic acids is 1. The summed E-state index contributed by atoms with van der Waals surface area (Å²) < 4.78 is 0. The van der Waals surface area contributed by atoms with E-state index in [0.29, 0.717) is 11.8 Å². The van der Waals surface area contributed by atoms with Crippen molar-refractivity contribution >= 4 is 5.91 Å². The number of nitrogens with one attached hydrogen (secondary N) is 1. The third-order valence-corrected chi connectivity index (χ3v) is 4.52. The SMILES string of the molecule is O=C(C1CC1)N1CCNCC12CCCCC2. The minimum Gasteiger partial charge on any atom is -0.334 e. The second-order valence-electron chi connectivity index (χ2n) is 5.73. The topological polar surface area (TPSA) is 32.3 Å². The largest absolute Gasteiger partial charge is 0.334 e. The van der Waals surface area contributed by atoms with Crippen LogP contribution in [0.15, 0.2) is 0 Å². The Morgan fingerprint density at radius 2 is 1.94 bits per heavy atom. The van der Waals surface area contributed by atoms with Crippen molar-refractivity contribution in [2.24, 2.45) is 5.92 Å². The van der Waals surface area contributed by atoms with Crippen molar-refractivity contribution in [1.29, 1.82) is 0 Å². The van der Waals surface area contributed by atoms with Crippen molar-refractivity contribution in [3.63, 3.8) is 0 Å². The highest BCUT2D eigenvalue weighted by Gasteiger charge is 2.45. The Morgan fingerprint density at radius 3 is 2.62 bits per heavy atom. The van der Waals surface area contributed by atoms with Gasteiger partial charge in [0.05, 0.1) is 5.54 Å². The van der Waals surface area contributed by atoms with Gasteiger partial charge in [0.25, 0.3) is 0 Å². The molecule has 3 heteroatoms. The molecule has 16 heavy (non-hydrogen) atoms. The van der Waals surface area contributed by atoms with Crippen LogP contribution < -0.4 is 5.32 Å². The maximum absolute atomic E-state index is 12.3.